The van der Waals surface area contributed by atoms with Crippen LogP contribution in [0.5, 0.6) is 5.75 Å². The quantitative estimate of drug-likeness (QED) is 0.157. The molecule has 0 N–H and O–H groups in total. The number of thioether (sulfide) groups is 1. The number of para-hydroxylation sites is 1. The van der Waals surface area contributed by atoms with Crippen LogP contribution in [0, 0.1) is 0 Å². The Bertz CT molecular complexity index is 1750. The molecule has 0 bridgehead atoms. The highest BCUT2D eigenvalue weighted by molar-refractivity contribution is 8.00. The summed E-state index contributed by atoms with van der Waals surface area (Å²) in [5.41, 5.74) is 1.82. The van der Waals surface area contributed by atoms with Gasteiger partial charge in [-0.1, -0.05) is 55.1 Å². The van der Waals surface area contributed by atoms with Crippen molar-refractivity contribution in [3.8, 4) is 22.8 Å². The molecule has 3 aromatic carbocycles. The lowest BCUT2D eigenvalue weighted by Gasteiger charge is -2.15. The topological polar surface area (TPSA) is 105 Å². The number of hydrogen-bond acceptors (Lipinski definition) is 8. The Morgan fingerprint density at radius 2 is 1.65 bits per heavy atom. The van der Waals surface area contributed by atoms with E-state index in [9.17, 15) is 13.2 Å². The van der Waals surface area contributed by atoms with Gasteiger partial charge in [0.25, 0.3) is 10.0 Å². The van der Waals surface area contributed by atoms with E-state index in [0.29, 0.717) is 39.6 Å². The zero-order chi connectivity index (χ0) is 28.3. The average Bonchev–Trinajstić information content (AvgIpc) is 3.58. The molecule has 0 fully saturated rings. The Labute approximate surface area is 236 Å². The van der Waals surface area contributed by atoms with Crippen molar-refractivity contribution in [2.45, 2.75) is 35.6 Å². The van der Waals surface area contributed by atoms with Gasteiger partial charge >= 0.3 is 5.97 Å². The van der Waals surface area contributed by atoms with Gasteiger partial charge in [0.1, 0.15) is 11.0 Å². The molecule has 1 atom stereocenters. The molecule has 9 nitrogen and oxygen atoms in total. The maximum atomic E-state index is 13.7. The van der Waals surface area contributed by atoms with Gasteiger partial charge in [-0.05, 0) is 55.8 Å². The third-order valence-corrected chi connectivity index (χ3v) is 9.32. The van der Waals surface area contributed by atoms with Gasteiger partial charge in [0.2, 0.25) is 0 Å². The van der Waals surface area contributed by atoms with Gasteiger partial charge < -0.3 is 9.47 Å². The fourth-order valence-corrected chi connectivity index (χ4v) is 6.74. The Hall–Kier alpha value is -4.09. The van der Waals surface area contributed by atoms with Crippen molar-refractivity contribution in [2.75, 3.05) is 13.7 Å². The first-order valence-corrected chi connectivity index (χ1v) is 15.0. The van der Waals surface area contributed by atoms with E-state index < -0.39 is 15.3 Å². The van der Waals surface area contributed by atoms with E-state index in [-0.39, 0.29) is 17.5 Å². The minimum atomic E-state index is -3.90. The highest BCUT2D eigenvalue weighted by Gasteiger charge is 2.28. The number of esters is 1. The summed E-state index contributed by atoms with van der Waals surface area (Å²) in [4.78, 5) is 12.8. The molecule has 0 amide bonds. The smallest absolute Gasteiger partial charge is 0.319 e. The van der Waals surface area contributed by atoms with E-state index >= 15 is 0 Å². The molecule has 5 rings (SSSR count). The van der Waals surface area contributed by atoms with Crippen molar-refractivity contribution < 1.29 is 22.7 Å². The SMILES string of the molecule is CCOC(=O)C(CC)Sc1nnc(-c2cn(S(=O)(=O)c3ccccc3)c3ccccc23)n1-c1ccc(OC)cc1. The summed E-state index contributed by atoms with van der Waals surface area (Å²) in [6.45, 7) is 3.96. The molecule has 2 aromatic heterocycles. The molecular formula is C29H28N4O5S2. The molecule has 0 aliphatic carbocycles. The summed E-state index contributed by atoms with van der Waals surface area (Å²) in [6.07, 6.45) is 2.11. The van der Waals surface area contributed by atoms with Gasteiger partial charge in [0, 0.05) is 22.8 Å². The fraction of sp³-hybridized carbons (Fsp3) is 0.207. The van der Waals surface area contributed by atoms with Gasteiger partial charge in [0.05, 0.1) is 24.1 Å². The van der Waals surface area contributed by atoms with Crippen molar-refractivity contribution in [1.82, 2.24) is 18.7 Å². The van der Waals surface area contributed by atoms with Crippen LogP contribution in [0.1, 0.15) is 20.3 Å². The second kappa shape index (κ2) is 11.6. The molecule has 206 valence electrons. The van der Waals surface area contributed by atoms with Crippen LogP contribution >= 0.6 is 11.8 Å². The van der Waals surface area contributed by atoms with Crippen molar-refractivity contribution in [3.05, 3.63) is 85.1 Å². The summed E-state index contributed by atoms with van der Waals surface area (Å²) in [5, 5.41) is 9.65. The average molecular weight is 577 g/mol. The van der Waals surface area contributed by atoms with E-state index in [0.717, 1.165) is 5.69 Å². The van der Waals surface area contributed by atoms with Crippen LogP contribution < -0.4 is 4.74 Å². The minimum Gasteiger partial charge on any atom is -0.497 e. The number of nitrogens with zero attached hydrogens (tertiary/aromatic N) is 4. The molecule has 0 radical (unpaired) electrons. The molecule has 0 aliphatic heterocycles. The van der Waals surface area contributed by atoms with E-state index in [4.69, 9.17) is 9.47 Å². The van der Waals surface area contributed by atoms with Crippen LogP contribution in [0.15, 0.2) is 95.1 Å². The summed E-state index contributed by atoms with van der Waals surface area (Å²) in [5.74, 6) is 0.784. The summed E-state index contributed by atoms with van der Waals surface area (Å²) in [6, 6.07) is 22.9. The van der Waals surface area contributed by atoms with Gasteiger partial charge in [-0.15, -0.1) is 10.2 Å². The molecule has 1 unspecified atom stereocenters. The first kappa shape index (κ1) is 27.5. The predicted octanol–water partition coefficient (Wildman–Crippen LogP) is 5.57. The van der Waals surface area contributed by atoms with Gasteiger partial charge in [-0.2, -0.15) is 0 Å². The highest BCUT2D eigenvalue weighted by atomic mass is 32.2. The Kier molecular flexibility index (Phi) is 7.95. The van der Waals surface area contributed by atoms with Gasteiger partial charge in [-0.3, -0.25) is 9.36 Å². The van der Waals surface area contributed by atoms with Crippen LogP contribution in [0.4, 0.5) is 0 Å². The van der Waals surface area contributed by atoms with E-state index in [2.05, 4.69) is 10.2 Å². The standard InChI is InChI=1S/C29H28N4O5S2/c1-4-26(28(34)38-5-2)39-29-31-30-27(33(29)20-15-17-21(37-3)18-16-20)24-19-32(25-14-10-9-13-23(24)25)40(35,36)22-11-7-6-8-12-22/h6-19,26H,4-5H2,1-3H3. The molecule has 40 heavy (non-hydrogen) atoms. The van der Waals surface area contributed by atoms with Crippen molar-refractivity contribution in [2.24, 2.45) is 0 Å². The fourth-order valence-electron chi connectivity index (χ4n) is 4.38. The third-order valence-electron chi connectivity index (χ3n) is 6.35. The predicted molar refractivity (Wildman–Crippen MR) is 154 cm³/mol. The van der Waals surface area contributed by atoms with Crippen LogP contribution in [0.2, 0.25) is 0 Å². The number of carbonyl (C=O) groups excluding carboxylic acids is 1. The Morgan fingerprint density at radius 3 is 2.33 bits per heavy atom. The normalized spacial score (nSPS) is 12.4. The molecular weight excluding hydrogens is 548 g/mol. The van der Waals surface area contributed by atoms with Crippen molar-refractivity contribution >= 4 is 38.7 Å². The zero-order valence-electron chi connectivity index (χ0n) is 22.2. The largest absolute Gasteiger partial charge is 0.497 e. The first-order valence-electron chi connectivity index (χ1n) is 12.7. The monoisotopic (exact) mass is 576 g/mol. The number of rotatable bonds is 10. The summed E-state index contributed by atoms with van der Waals surface area (Å²) in [7, 11) is -2.31. The highest BCUT2D eigenvalue weighted by Crippen LogP contribution is 2.37. The van der Waals surface area contributed by atoms with Crippen LogP contribution in [-0.2, 0) is 19.6 Å². The molecule has 0 spiro atoms. The van der Waals surface area contributed by atoms with Crippen molar-refractivity contribution in [3.63, 3.8) is 0 Å². The first-order chi connectivity index (χ1) is 19.4. The van der Waals surface area contributed by atoms with Crippen LogP contribution in [0.3, 0.4) is 0 Å². The third kappa shape index (κ3) is 5.09. The van der Waals surface area contributed by atoms with E-state index in [1.54, 1.807) is 62.7 Å². The van der Waals surface area contributed by atoms with E-state index in [1.165, 1.54) is 15.7 Å². The molecule has 0 saturated heterocycles. The maximum absolute atomic E-state index is 13.7. The lowest BCUT2D eigenvalue weighted by atomic mass is 10.1. The number of aromatic nitrogens is 4. The molecule has 0 aliphatic rings. The van der Waals surface area contributed by atoms with Gasteiger partial charge in [0.15, 0.2) is 11.0 Å². The van der Waals surface area contributed by atoms with Crippen molar-refractivity contribution in [1.29, 1.82) is 0 Å². The number of methoxy groups -OCH3 is 1. The number of ether oxygens (including phenoxy) is 2. The molecule has 5 aromatic rings. The summed E-state index contributed by atoms with van der Waals surface area (Å²) >= 11 is 1.26. The Morgan fingerprint density at radius 1 is 0.950 bits per heavy atom. The number of fused-ring (bicyclic) bond motifs is 1. The van der Waals surface area contributed by atoms with Crippen LogP contribution in [0.25, 0.3) is 28.0 Å². The zero-order valence-corrected chi connectivity index (χ0v) is 23.9. The van der Waals surface area contributed by atoms with Gasteiger partial charge in [-0.25, -0.2) is 12.4 Å². The molecule has 0 saturated carbocycles. The maximum Gasteiger partial charge on any atom is 0.319 e. The lowest BCUT2D eigenvalue weighted by molar-refractivity contribution is -0.142. The second-order valence-electron chi connectivity index (χ2n) is 8.78. The molecule has 11 heteroatoms. The summed E-state index contributed by atoms with van der Waals surface area (Å²) < 4.78 is 41.1. The number of carbonyl (C=O) groups is 1. The number of hydrogen-bond donors (Lipinski definition) is 0. The molecule has 2 heterocycles. The minimum absolute atomic E-state index is 0.176. The Balaban J connectivity index is 1.71. The van der Waals surface area contributed by atoms with E-state index in [1.807, 2.05) is 47.9 Å². The number of benzene rings is 3. The second-order valence-corrected chi connectivity index (χ2v) is 11.8. The van der Waals surface area contributed by atoms with Crippen LogP contribution in [-0.4, -0.2) is 52.1 Å². The lowest BCUT2D eigenvalue weighted by Crippen LogP contribution is -2.20.